The van der Waals surface area contributed by atoms with E-state index in [-0.39, 0.29) is 11.8 Å². The van der Waals surface area contributed by atoms with E-state index in [1.54, 1.807) is 7.05 Å². The second-order valence-corrected chi connectivity index (χ2v) is 5.72. The third-order valence-electron chi connectivity index (χ3n) is 3.35. The van der Waals surface area contributed by atoms with Crippen LogP contribution >= 0.6 is 0 Å². The fourth-order valence-electron chi connectivity index (χ4n) is 1.67. The number of anilines is 1. The zero-order valence-electron chi connectivity index (χ0n) is 12.6. The Kier molecular flexibility index (Phi) is 3.81. The lowest BCUT2D eigenvalue weighted by atomic mass is 10.1. The number of rotatable bonds is 4. The predicted molar refractivity (Wildman–Crippen MR) is 79.9 cm³/mol. The van der Waals surface area contributed by atoms with Crippen LogP contribution in [-0.4, -0.2) is 23.5 Å². The van der Waals surface area contributed by atoms with E-state index in [1.165, 1.54) is 0 Å². The Labute approximate surface area is 118 Å². The van der Waals surface area contributed by atoms with Gasteiger partial charge >= 0.3 is 0 Å². The molecule has 0 atom stereocenters. The summed E-state index contributed by atoms with van der Waals surface area (Å²) in [6.45, 7) is 7.72. The molecule has 20 heavy (non-hydrogen) atoms. The Morgan fingerprint density at radius 2 is 2.05 bits per heavy atom. The molecule has 1 amide bonds. The highest BCUT2D eigenvalue weighted by atomic mass is 16.3. The predicted octanol–water partition coefficient (Wildman–Crippen LogP) is 2.89. The highest BCUT2D eigenvalue weighted by molar-refractivity contribution is 5.98. The SMILES string of the molecule is CNC(C)(C)C(=O)Nc1ccc2oc(C(C)C)nc2c1. The summed E-state index contributed by atoms with van der Waals surface area (Å²) in [6, 6.07) is 5.48. The molecule has 0 aliphatic carbocycles. The van der Waals surface area contributed by atoms with Gasteiger partial charge in [-0.3, -0.25) is 4.79 Å². The molecule has 0 unspecified atom stereocenters. The van der Waals surface area contributed by atoms with Gasteiger partial charge in [0.15, 0.2) is 11.5 Å². The van der Waals surface area contributed by atoms with E-state index in [1.807, 2.05) is 45.9 Å². The topological polar surface area (TPSA) is 67.2 Å². The molecule has 0 bridgehead atoms. The van der Waals surface area contributed by atoms with E-state index in [0.29, 0.717) is 5.89 Å². The lowest BCUT2D eigenvalue weighted by Crippen LogP contribution is -2.47. The number of nitrogens with one attached hydrogen (secondary N) is 2. The zero-order chi connectivity index (χ0) is 14.9. The van der Waals surface area contributed by atoms with Gasteiger partial charge in [0.25, 0.3) is 0 Å². The lowest BCUT2D eigenvalue weighted by Gasteiger charge is -2.22. The first-order valence-corrected chi connectivity index (χ1v) is 6.74. The minimum absolute atomic E-state index is 0.0908. The summed E-state index contributed by atoms with van der Waals surface area (Å²) in [7, 11) is 1.76. The van der Waals surface area contributed by atoms with Crippen LogP contribution in [0.5, 0.6) is 0 Å². The number of hydrogen-bond donors (Lipinski definition) is 2. The van der Waals surface area contributed by atoms with Crippen molar-refractivity contribution >= 4 is 22.7 Å². The molecule has 0 fully saturated rings. The summed E-state index contributed by atoms with van der Waals surface area (Å²) in [4.78, 5) is 16.5. The van der Waals surface area contributed by atoms with E-state index in [9.17, 15) is 4.79 Å². The van der Waals surface area contributed by atoms with Crippen molar-refractivity contribution in [3.05, 3.63) is 24.1 Å². The van der Waals surface area contributed by atoms with Gasteiger partial charge in [0.2, 0.25) is 5.91 Å². The van der Waals surface area contributed by atoms with E-state index in [2.05, 4.69) is 15.6 Å². The molecule has 5 heteroatoms. The Morgan fingerprint density at radius 1 is 1.35 bits per heavy atom. The van der Waals surface area contributed by atoms with Gasteiger partial charge in [-0.1, -0.05) is 13.8 Å². The van der Waals surface area contributed by atoms with Crippen LogP contribution in [0.4, 0.5) is 5.69 Å². The number of carbonyl (C=O) groups excluding carboxylic acids is 1. The number of amides is 1. The monoisotopic (exact) mass is 275 g/mol. The molecule has 1 heterocycles. The highest BCUT2D eigenvalue weighted by Gasteiger charge is 2.25. The molecule has 0 spiro atoms. The molecule has 0 radical (unpaired) electrons. The largest absolute Gasteiger partial charge is 0.440 e. The van der Waals surface area contributed by atoms with Gasteiger partial charge in [0.1, 0.15) is 5.52 Å². The molecular weight excluding hydrogens is 254 g/mol. The van der Waals surface area contributed by atoms with Crippen molar-refractivity contribution in [2.24, 2.45) is 0 Å². The minimum atomic E-state index is -0.623. The molecule has 2 rings (SSSR count). The standard InChI is InChI=1S/C15H21N3O2/c1-9(2)13-18-11-8-10(6-7-12(11)20-13)17-14(19)15(3,4)16-5/h6-9,16H,1-5H3,(H,17,19). The second kappa shape index (κ2) is 5.25. The first kappa shape index (κ1) is 14.5. The van der Waals surface area contributed by atoms with Gasteiger partial charge < -0.3 is 15.1 Å². The van der Waals surface area contributed by atoms with Gasteiger partial charge in [0, 0.05) is 11.6 Å². The zero-order valence-corrected chi connectivity index (χ0v) is 12.6. The summed E-state index contributed by atoms with van der Waals surface area (Å²) in [5, 5.41) is 5.85. The molecule has 2 N–H and O–H groups in total. The lowest BCUT2D eigenvalue weighted by molar-refractivity contribution is -0.121. The summed E-state index contributed by atoms with van der Waals surface area (Å²) in [5.41, 5.74) is 1.59. The summed E-state index contributed by atoms with van der Waals surface area (Å²) >= 11 is 0. The van der Waals surface area contributed by atoms with Crippen LogP contribution in [0.2, 0.25) is 0 Å². The van der Waals surface area contributed by atoms with Gasteiger partial charge in [-0.25, -0.2) is 4.98 Å². The van der Waals surface area contributed by atoms with Crippen LogP contribution in [-0.2, 0) is 4.79 Å². The quantitative estimate of drug-likeness (QED) is 0.900. The molecule has 0 saturated carbocycles. The van der Waals surface area contributed by atoms with Crippen molar-refractivity contribution in [1.82, 2.24) is 10.3 Å². The van der Waals surface area contributed by atoms with Crippen LogP contribution in [0, 0.1) is 0 Å². The number of fused-ring (bicyclic) bond motifs is 1. The van der Waals surface area contributed by atoms with Crippen LogP contribution in [0.1, 0.15) is 39.5 Å². The van der Waals surface area contributed by atoms with Gasteiger partial charge in [-0.2, -0.15) is 0 Å². The summed E-state index contributed by atoms with van der Waals surface area (Å²) in [6.07, 6.45) is 0. The molecule has 0 aliphatic rings. The third-order valence-corrected chi connectivity index (χ3v) is 3.35. The first-order chi connectivity index (χ1) is 9.33. The molecule has 5 nitrogen and oxygen atoms in total. The third kappa shape index (κ3) is 2.82. The van der Waals surface area contributed by atoms with E-state index in [0.717, 1.165) is 16.8 Å². The van der Waals surface area contributed by atoms with Gasteiger partial charge in [0.05, 0.1) is 5.54 Å². The Morgan fingerprint density at radius 3 is 2.65 bits per heavy atom. The van der Waals surface area contributed by atoms with Gasteiger partial charge in [-0.05, 0) is 39.1 Å². The molecule has 1 aromatic carbocycles. The minimum Gasteiger partial charge on any atom is -0.440 e. The van der Waals surface area contributed by atoms with Crippen molar-refractivity contribution in [2.75, 3.05) is 12.4 Å². The highest BCUT2D eigenvalue weighted by Crippen LogP contribution is 2.24. The van der Waals surface area contributed by atoms with Crippen molar-refractivity contribution in [1.29, 1.82) is 0 Å². The maximum absolute atomic E-state index is 12.1. The molecule has 0 aliphatic heterocycles. The van der Waals surface area contributed by atoms with E-state index < -0.39 is 5.54 Å². The number of nitrogens with zero attached hydrogens (tertiary/aromatic N) is 1. The number of oxazole rings is 1. The Balaban J connectivity index is 2.26. The molecular formula is C15H21N3O2. The number of hydrogen-bond acceptors (Lipinski definition) is 4. The Bertz CT molecular complexity index is 629. The second-order valence-electron chi connectivity index (χ2n) is 5.72. The fourth-order valence-corrected chi connectivity index (χ4v) is 1.67. The van der Waals surface area contributed by atoms with Crippen LogP contribution in [0.25, 0.3) is 11.1 Å². The normalized spacial score (nSPS) is 12.1. The number of carbonyl (C=O) groups is 1. The first-order valence-electron chi connectivity index (χ1n) is 6.74. The van der Waals surface area contributed by atoms with E-state index in [4.69, 9.17) is 4.42 Å². The van der Waals surface area contributed by atoms with Crippen LogP contribution in [0.15, 0.2) is 22.6 Å². The molecule has 2 aromatic rings. The molecule has 1 aromatic heterocycles. The van der Waals surface area contributed by atoms with Gasteiger partial charge in [-0.15, -0.1) is 0 Å². The average molecular weight is 275 g/mol. The maximum atomic E-state index is 12.1. The van der Waals surface area contributed by atoms with Crippen molar-refractivity contribution < 1.29 is 9.21 Å². The Hall–Kier alpha value is -1.88. The van der Waals surface area contributed by atoms with Crippen molar-refractivity contribution in [2.45, 2.75) is 39.2 Å². The number of likely N-dealkylation sites (N-methyl/N-ethyl adjacent to an activating group) is 1. The summed E-state index contributed by atoms with van der Waals surface area (Å²) in [5.74, 6) is 0.856. The number of benzene rings is 1. The summed E-state index contributed by atoms with van der Waals surface area (Å²) < 4.78 is 5.64. The maximum Gasteiger partial charge on any atom is 0.244 e. The molecule has 108 valence electrons. The number of aromatic nitrogens is 1. The van der Waals surface area contributed by atoms with Crippen molar-refractivity contribution in [3.63, 3.8) is 0 Å². The van der Waals surface area contributed by atoms with E-state index >= 15 is 0 Å². The fraction of sp³-hybridized carbons (Fsp3) is 0.467. The molecule has 0 saturated heterocycles. The van der Waals surface area contributed by atoms with Crippen LogP contribution < -0.4 is 10.6 Å². The van der Waals surface area contributed by atoms with Crippen molar-refractivity contribution in [3.8, 4) is 0 Å². The van der Waals surface area contributed by atoms with Crippen LogP contribution in [0.3, 0.4) is 0 Å². The average Bonchev–Trinajstić information content (AvgIpc) is 2.82. The smallest absolute Gasteiger partial charge is 0.244 e.